The van der Waals surface area contributed by atoms with Crippen LogP contribution in [-0.4, -0.2) is 25.5 Å². The van der Waals surface area contributed by atoms with Crippen LogP contribution in [0.5, 0.6) is 5.75 Å². The molecule has 2 aliphatic rings. The summed E-state index contributed by atoms with van der Waals surface area (Å²) in [5, 5.41) is 0. The summed E-state index contributed by atoms with van der Waals surface area (Å²) in [6.45, 7) is 2.48. The second-order valence-corrected chi connectivity index (χ2v) is 9.14. The topological polar surface area (TPSA) is 49.9 Å². The number of nitrogens with zero attached hydrogens (tertiary/aromatic N) is 2. The fourth-order valence-electron chi connectivity index (χ4n) is 6.08. The van der Waals surface area contributed by atoms with E-state index in [2.05, 4.69) is 0 Å². The molecule has 0 saturated carbocycles. The molecule has 0 aromatic heterocycles. The molecule has 1 fully saturated rings. The number of amides is 2. The second-order valence-electron chi connectivity index (χ2n) is 9.14. The van der Waals surface area contributed by atoms with Crippen LogP contribution in [0.2, 0.25) is 0 Å². The van der Waals surface area contributed by atoms with Crippen molar-refractivity contribution < 1.29 is 14.3 Å². The molecule has 0 bridgehead atoms. The van der Waals surface area contributed by atoms with E-state index in [4.69, 9.17) is 4.74 Å². The Hall–Kier alpha value is -4.38. The van der Waals surface area contributed by atoms with Gasteiger partial charge in [-0.3, -0.25) is 14.5 Å². The van der Waals surface area contributed by atoms with Gasteiger partial charge in [0.05, 0.1) is 6.61 Å². The van der Waals surface area contributed by atoms with Crippen molar-refractivity contribution in [1.29, 1.82) is 0 Å². The first kappa shape index (κ1) is 22.1. The molecule has 2 amide bonds. The summed E-state index contributed by atoms with van der Waals surface area (Å²) < 4.78 is 5.63. The van der Waals surface area contributed by atoms with Crippen molar-refractivity contribution in [3.63, 3.8) is 0 Å². The second kappa shape index (κ2) is 8.09. The van der Waals surface area contributed by atoms with Gasteiger partial charge in [-0.1, -0.05) is 78.9 Å². The molecule has 2 heterocycles. The van der Waals surface area contributed by atoms with Gasteiger partial charge < -0.3 is 9.64 Å². The highest BCUT2D eigenvalue weighted by Crippen LogP contribution is 2.65. The summed E-state index contributed by atoms with van der Waals surface area (Å²) >= 11 is 0. The van der Waals surface area contributed by atoms with Gasteiger partial charge in [0.1, 0.15) is 11.2 Å². The molecule has 5 heteroatoms. The fourth-order valence-corrected chi connectivity index (χ4v) is 6.08. The molecular weight excluding hydrogens is 448 g/mol. The van der Waals surface area contributed by atoms with E-state index in [0.717, 1.165) is 28.1 Å². The van der Waals surface area contributed by atoms with Crippen LogP contribution in [0.4, 0.5) is 11.4 Å². The maximum Gasteiger partial charge on any atom is 0.259 e. The van der Waals surface area contributed by atoms with Crippen LogP contribution in [0.1, 0.15) is 23.6 Å². The zero-order chi connectivity index (χ0) is 24.9. The summed E-state index contributed by atoms with van der Waals surface area (Å²) in [6.07, 6.45) is 0. The molecule has 1 saturated heterocycles. The van der Waals surface area contributed by atoms with Gasteiger partial charge >= 0.3 is 0 Å². The van der Waals surface area contributed by atoms with Crippen molar-refractivity contribution in [2.75, 3.05) is 23.5 Å². The van der Waals surface area contributed by atoms with E-state index in [-0.39, 0.29) is 11.8 Å². The van der Waals surface area contributed by atoms with Gasteiger partial charge in [-0.25, -0.2) is 0 Å². The number of fused-ring (bicyclic) bond motifs is 2. The number of β-lactam (4-membered cyclic amide) rings is 1. The van der Waals surface area contributed by atoms with Crippen molar-refractivity contribution in [1.82, 2.24) is 0 Å². The largest absolute Gasteiger partial charge is 0.494 e. The number of rotatable bonds is 5. The quantitative estimate of drug-likeness (QED) is 0.369. The third-order valence-corrected chi connectivity index (χ3v) is 7.49. The number of benzene rings is 4. The van der Waals surface area contributed by atoms with Crippen LogP contribution in [-0.2, 0) is 20.5 Å². The Kier molecular flexibility index (Phi) is 4.97. The summed E-state index contributed by atoms with van der Waals surface area (Å²) in [7, 11) is 1.79. The average molecular weight is 475 g/mol. The predicted molar refractivity (Wildman–Crippen MR) is 140 cm³/mol. The van der Waals surface area contributed by atoms with E-state index in [1.807, 2.05) is 116 Å². The molecular formula is C31H26N2O3. The van der Waals surface area contributed by atoms with Crippen LogP contribution < -0.4 is 14.5 Å². The minimum absolute atomic E-state index is 0.134. The zero-order valence-electron chi connectivity index (χ0n) is 20.2. The highest BCUT2D eigenvalue weighted by Gasteiger charge is 2.80. The highest BCUT2D eigenvalue weighted by atomic mass is 16.5. The summed E-state index contributed by atoms with van der Waals surface area (Å²) in [5.41, 5.74) is 1.35. The molecule has 178 valence electrons. The first-order valence-electron chi connectivity index (χ1n) is 12.1. The number of carbonyl (C=O) groups excluding carboxylic acids is 2. The summed E-state index contributed by atoms with van der Waals surface area (Å²) in [5.74, 6) is 0.448. The number of hydrogen-bond acceptors (Lipinski definition) is 3. The van der Waals surface area contributed by atoms with Crippen molar-refractivity contribution in [3.8, 4) is 5.75 Å². The van der Waals surface area contributed by atoms with Gasteiger partial charge in [-0.15, -0.1) is 0 Å². The molecule has 4 aromatic carbocycles. The Morgan fingerprint density at radius 1 is 0.694 bits per heavy atom. The van der Waals surface area contributed by atoms with Gasteiger partial charge in [-0.05, 0) is 48.4 Å². The molecule has 6 rings (SSSR count). The smallest absolute Gasteiger partial charge is 0.259 e. The van der Waals surface area contributed by atoms with Crippen LogP contribution >= 0.6 is 0 Å². The van der Waals surface area contributed by atoms with E-state index in [9.17, 15) is 9.59 Å². The Morgan fingerprint density at radius 2 is 1.25 bits per heavy atom. The first-order valence-corrected chi connectivity index (χ1v) is 12.1. The first-order chi connectivity index (χ1) is 17.6. The molecule has 4 aromatic rings. The standard InChI is InChI=1S/C31H26N2O3/c1-3-36-25-20-18-24(19-21-25)33-28(34)30(22-12-6-4-7-13-22,23-14-8-5-9-15-23)31(33)26-16-10-11-17-27(26)32(2)29(31)35/h4-21H,3H2,1-2H3. The van der Waals surface area contributed by atoms with Gasteiger partial charge in [0.2, 0.25) is 5.91 Å². The van der Waals surface area contributed by atoms with Crippen molar-refractivity contribution in [2.45, 2.75) is 17.9 Å². The van der Waals surface area contributed by atoms with Gasteiger partial charge in [-0.2, -0.15) is 0 Å². The van der Waals surface area contributed by atoms with E-state index < -0.39 is 11.0 Å². The summed E-state index contributed by atoms with van der Waals surface area (Å²) in [4.78, 5) is 32.5. The lowest BCUT2D eigenvalue weighted by Gasteiger charge is -2.62. The Balaban J connectivity index is 1.70. The van der Waals surface area contributed by atoms with Crippen LogP contribution in [0, 0.1) is 0 Å². The van der Waals surface area contributed by atoms with Crippen molar-refractivity contribution in [2.24, 2.45) is 0 Å². The molecule has 0 radical (unpaired) electrons. The average Bonchev–Trinajstić information content (AvgIpc) is 3.16. The van der Waals surface area contributed by atoms with Crippen LogP contribution in [0.25, 0.3) is 0 Å². The van der Waals surface area contributed by atoms with Gasteiger partial charge in [0, 0.05) is 24.0 Å². The van der Waals surface area contributed by atoms with Crippen LogP contribution in [0.15, 0.2) is 109 Å². The maximum atomic E-state index is 14.6. The monoisotopic (exact) mass is 474 g/mol. The van der Waals surface area contributed by atoms with Crippen LogP contribution in [0.3, 0.4) is 0 Å². The SMILES string of the molecule is CCOc1ccc(N2C(=O)C(c3ccccc3)(c3ccccc3)C23C(=O)N(C)c2ccccc23)cc1. The minimum atomic E-state index is -1.29. The number of hydrogen-bond donors (Lipinski definition) is 0. The molecule has 0 N–H and O–H groups in total. The number of anilines is 2. The lowest BCUT2D eigenvalue weighted by atomic mass is 9.51. The van der Waals surface area contributed by atoms with Gasteiger partial charge in [0.15, 0.2) is 5.54 Å². The van der Waals surface area contributed by atoms with Crippen molar-refractivity contribution in [3.05, 3.63) is 126 Å². The molecule has 1 unspecified atom stereocenters. The zero-order valence-corrected chi connectivity index (χ0v) is 20.2. The predicted octanol–water partition coefficient (Wildman–Crippen LogP) is 5.29. The number of para-hydroxylation sites is 1. The molecule has 5 nitrogen and oxygen atoms in total. The Morgan fingerprint density at radius 3 is 1.83 bits per heavy atom. The molecule has 1 atom stereocenters. The minimum Gasteiger partial charge on any atom is -0.494 e. The van der Waals surface area contributed by atoms with Gasteiger partial charge in [0.25, 0.3) is 5.91 Å². The lowest BCUT2D eigenvalue weighted by Crippen LogP contribution is -2.81. The third-order valence-electron chi connectivity index (χ3n) is 7.49. The van der Waals surface area contributed by atoms with E-state index >= 15 is 0 Å². The maximum absolute atomic E-state index is 14.6. The third kappa shape index (κ3) is 2.60. The Labute approximate surface area is 210 Å². The molecule has 36 heavy (non-hydrogen) atoms. The number of ether oxygens (including phenoxy) is 1. The number of carbonyl (C=O) groups is 2. The highest BCUT2D eigenvalue weighted by molar-refractivity contribution is 6.28. The van der Waals surface area contributed by atoms with E-state index in [1.165, 1.54) is 0 Å². The molecule has 0 aliphatic carbocycles. The molecule has 2 aliphatic heterocycles. The van der Waals surface area contributed by atoms with E-state index in [0.29, 0.717) is 12.3 Å². The number of likely N-dealkylation sites (N-methyl/N-ethyl adjacent to an activating group) is 1. The summed E-state index contributed by atoms with van der Waals surface area (Å²) in [6, 6.07) is 34.6. The van der Waals surface area contributed by atoms with E-state index in [1.54, 1.807) is 16.8 Å². The lowest BCUT2D eigenvalue weighted by molar-refractivity contribution is -0.145. The van der Waals surface area contributed by atoms with Crippen molar-refractivity contribution >= 4 is 23.2 Å². The Bertz CT molecular complexity index is 1410. The fraction of sp³-hybridized carbons (Fsp3) is 0.161. The molecule has 1 spiro atoms. The normalized spacial score (nSPS) is 19.8.